The molecule has 0 spiro atoms. The van der Waals surface area contributed by atoms with E-state index in [9.17, 15) is 14.4 Å². The molecule has 1 unspecified atom stereocenters. The van der Waals surface area contributed by atoms with Crippen molar-refractivity contribution in [3.63, 3.8) is 0 Å². The van der Waals surface area contributed by atoms with Gasteiger partial charge >= 0.3 is 18.0 Å². The Kier molecular flexibility index (Phi) is 6.93. The number of aliphatic carboxylic acids is 2. The Hall–Kier alpha value is -1.83. The van der Waals surface area contributed by atoms with Gasteiger partial charge in [0.15, 0.2) is 0 Å². The molecule has 8 nitrogen and oxygen atoms in total. The van der Waals surface area contributed by atoms with Gasteiger partial charge in [-0.1, -0.05) is 19.3 Å². The standard InChI is InChI=1S/C13H22N2O6/c16-7-6-15(9-4-2-1-3-5-9)13(21)14-10(12(19)20)8-11(17)18/h9-10,16H,1-8H2,(H,14,21)(H,17,18)(H,19,20). The number of amides is 2. The first-order valence-corrected chi connectivity index (χ1v) is 7.08. The number of aliphatic hydroxyl groups is 1. The molecule has 0 aromatic carbocycles. The molecule has 0 bridgehead atoms. The Bertz CT molecular complexity index is 381. The molecular weight excluding hydrogens is 280 g/mol. The van der Waals surface area contributed by atoms with Gasteiger partial charge < -0.3 is 25.5 Å². The third-order valence-electron chi connectivity index (χ3n) is 3.59. The zero-order valence-electron chi connectivity index (χ0n) is 11.8. The fourth-order valence-electron chi connectivity index (χ4n) is 2.56. The molecule has 0 aliphatic heterocycles. The summed E-state index contributed by atoms with van der Waals surface area (Å²) < 4.78 is 0. The largest absolute Gasteiger partial charge is 0.481 e. The summed E-state index contributed by atoms with van der Waals surface area (Å²) in [7, 11) is 0. The molecule has 1 atom stereocenters. The molecule has 0 aromatic rings. The van der Waals surface area contributed by atoms with E-state index in [0.717, 1.165) is 32.1 Å². The Morgan fingerprint density at radius 2 is 1.76 bits per heavy atom. The van der Waals surface area contributed by atoms with Crippen LogP contribution < -0.4 is 5.32 Å². The molecule has 1 aliphatic carbocycles. The number of carbonyl (C=O) groups is 3. The van der Waals surface area contributed by atoms with E-state index in [1.54, 1.807) is 0 Å². The molecule has 21 heavy (non-hydrogen) atoms. The van der Waals surface area contributed by atoms with Crippen molar-refractivity contribution < 1.29 is 29.7 Å². The molecule has 4 N–H and O–H groups in total. The van der Waals surface area contributed by atoms with Crippen LogP contribution >= 0.6 is 0 Å². The molecule has 0 saturated heterocycles. The fraction of sp³-hybridized carbons (Fsp3) is 0.769. The zero-order chi connectivity index (χ0) is 15.8. The monoisotopic (exact) mass is 302 g/mol. The molecule has 0 aromatic heterocycles. The number of carboxylic acids is 2. The summed E-state index contributed by atoms with van der Waals surface area (Å²) in [5, 5.41) is 28.9. The van der Waals surface area contributed by atoms with Crippen molar-refractivity contribution in [2.75, 3.05) is 13.2 Å². The third-order valence-corrected chi connectivity index (χ3v) is 3.59. The average Bonchev–Trinajstić information content (AvgIpc) is 2.44. The topological polar surface area (TPSA) is 127 Å². The van der Waals surface area contributed by atoms with Gasteiger partial charge in [-0.25, -0.2) is 9.59 Å². The summed E-state index contributed by atoms with van der Waals surface area (Å²) in [6, 6.07) is -2.14. The van der Waals surface area contributed by atoms with Crippen LogP contribution in [0.15, 0.2) is 0 Å². The van der Waals surface area contributed by atoms with Crippen molar-refractivity contribution in [2.45, 2.75) is 50.6 Å². The van der Waals surface area contributed by atoms with Crippen LogP contribution in [0.2, 0.25) is 0 Å². The molecule has 1 fully saturated rings. The highest BCUT2D eigenvalue weighted by Crippen LogP contribution is 2.22. The lowest BCUT2D eigenvalue weighted by Crippen LogP contribution is -2.53. The van der Waals surface area contributed by atoms with E-state index < -0.39 is 30.4 Å². The van der Waals surface area contributed by atoms with Gasteiger partial charge in [0.1, 0.15) is 6.04 Å². The van der Waals surface area contributed by atoms with Crippen molar-refractivity contribution in [3.05, 3.63) is 0 Å². The van der Waals surface area contributed by atoms with Gasteiger partial charge in [-0.15, -0.1) is 0 Å². The molecule has 0 heterocycles. The van der Waals surface area contributed by atoms with E-state index in [2.05, 4.69) is 5.32 Å². The first-order chi connectivity index (χ1) is 9.95. The second-order valence-corrected chi connectivity index (χ2v) is 5.15. The predicted octanol–water partition coefficient (Wildman–Crippen LogP) is 0.251. The maximum Gasteiger partial charge on any atom is 0.326 e. The van der Waals surface area contributed by atoms with Crippen LogP contribution in [0.5, 0.6) is 0 Å². The molecule has 0 radical (unpaired) electrons. The highest BCUT2D eigenvalue weighted by Gasteiger charge is 2.29. The van der Waals surface area contributed by atoms with Crippen molar-refractivity contribution >= 4 is 18.0 Å². The number of nitrogens with zero attached hydrogens (tertiary/aromatic N) is 1. The van der Waals surface area contributed by atoms with E-state index in [1.807, 2.05) is 0 Å². The number of urea groups is 1. The Labute approximate surface area is 122 Å². The lowest BCUT2D eigenvalue weighted by atomic mass is 9.94. The number of hydrogen-bond acceptors (Lipinski definition) is 4. The normalized spacial score (nSPS) is 17.0. The van der Waals surface area contributed by atoms with Gasteiger partial charge in [0.2, 0.25) is 0 Å². The predicted molar refractivity (Wildman–Crippen MR) is 72.9 cm³/mol. The van der Waals surface area contributed by atoms with E-state index in [1.165, 1.54) is 4.90 Å². The van der Waals surface area contributed by atoms with Crippen LogP contribution in [0.25, 0.3) is 0 Å². The maximum atomic E-state index is 12.2. The molecule has 1 rings (SSSR count). The Morgan fingerprint density at radius 1 is 1.14 bits per heavy atom. The molecular formula is C13H22N2O6. The van der Waals surface area contributed by atoms with Gasteiger partial charge in [0, 0.05) is 12.6 Å². The Balaban J connectivity index is 2.69. The summed E-state index contributed by atoms with van der Waals surface area (Å²) in [5.41, 5.74) is 0. The lowest BCUT2D eigenvalue weighted by molar-refractivity contribution is -0.145. The van der Waals surface area contributed by atoms with E-state index in [-0.39, 0.29) is 19.2 Å². The summed E-state index contributed by atoms with van der Waals surface area (Å²) in [5.74, 6) is -2.69. The molecule has 2 amide bonds. The van der Waals surface area contributed by atoms with Gasteiger partial charge in [-0.3, -0.25) is 4.79 Å². The Morgan fingerprint density at radius 3 is 2.24 bits per heavy atom. The van der Waals surface area contributed by atoms with E-state index in [0.29, 0.717) is 0 Å². The molecule has 1 aliphatic rings. The molecule has 8 heteroatoms. The van der Waals surface area contributed by atoms with Gasteiger partial charge in [0.05, 0.1) is 13.0 Å². The van der Waals surface area contributed by atoms with Crippen molar-refractivity contribution in [2.24, 2.45) is 0 Å². The minimum atomic E-state index is -1.47. The molecule has 120 valence electrons. The number of carbonyl (C=O) groups excluding carboxylic acids is 1. The first-order valence-electron chi connectivity index (χ1n) is 7.08. The summed E-state index contributed by atoms with van der Waals surface area (Å²) in [6.45, 7) is -0.115. The lowest BCUT2D eigenvalue weighted by Gasteiger charge is -2.34. The highest BCUT2D eigenvalue weighted by atomic mass is 16.4. The summed E-state index contributed by atoms with van der Waals surface area (Å²) >= 11 is 0. The number of aliphatic hydroxyl groups excluding tert-OH is 1. The van der Waals surface area contributed by atoms with Crippen LogP contribution in [0, 0.1) is 0 Å². The second kappa shape index (κ2) is 8.46. The van der Waals surface area contributed by atoms with Gasteiger partial charge in [0.25, 0.3) is 0 Å². The highest BCUT2D eigenvalue weighted by molar-refractivity contribution is 5.86. The summed E-state index contributed by atoms with van der Waals surface area (Å²) in [6.07, 6.45) is 4.00. The van der Waals surface area contributed by atoms with Crippen molar-refractivity contribution in [1.82, 2.24) is 10.2 Å². The second-order valence-electron chi connectivity index (χ2n) is 5.15. The zero-order valence-corrected chi connectivity index (χ0v) is 11.8. The number of nitrogens with one attached hydrogen (secondary N) is 1. The fourth-order valence-corrected chi connectivity index (χ4v) is 2.56. The van der Waals surface area contributed by atoms with Crippen LogP contribution in [-0.4, -0.2) is 63.4 Å². The van der Waals surface area contributed by atoms with Crippen LogP contribution in [0.1, 0.15) is 38.5 Å². The molecule has 1 saturated carbocycles. The first kappa shape index (κ1) is 17.2. The van der Waals surface area contributed by atoms with Crippen LogP contribution in [0.4, 0.5) is 4.79 Å². The van der Waals surface area contributed by atoms with E-state index in [4.69, 9.17) is 15.3 Å². The summed E-state index contributed by atoms with van der Waals surface area (Å²) in [4.78, 5) is 35.2. The minimum absolute atomic E-state index is 0.0369. The van der Waals surface area contributed by atoms with Crippen molar-refractivity contribution in [3.8, 4) is 0 Å². The smallest absolute Gasteiger partial charge is 0.326 e. The quantitative estimate of drug-likeness (QED) is 0.534. The maximum absolute atomic E-state index is 12.2. The third kappa shape index (κ3) is 5.58. The number of rotatable bonds is 7. The van der Waals surface area contributed by atoms with E-state index >= 15 is 0 Å². The van der Waals surface area contributed by atoms with Crippen molar-refractivity contribution in [1.29, 1.82) is 0 Å². The average molecular weight is 302 g/mol. The number of hydrogen-bond donors (Lipinski definition) is 4. The van der Waals surface area contributed by atoms with Gasteiger partial charge in [-0.2, -0.15) is 0 Å². The van der Waals surface area contributed by atoms with Crippen LogP contribution in [-0.2, 0) is 9.59 Å². The van der Waals surface area contributed by atoms with Crippen LogP contribution in [0.3, 0.4) is 0 Å². The number of carboxylic acid groups (broad SMARTS) is 2. The minimum Gasteiger partial charge on any atom is -0.481 e. The SMILES string of the molecule is O=C(O)CC(NC(=O)N(CCO)C1CCCCC1)C(=O)O. The van der Waals surface area contributed by atoms with Gasteiger partial charge in [-0.05, 0) is 12.8 Å².